The van der Waals surface area contributed by atoms with Crippen LogP contribution in [0, 0.1) is 22.5 Å². The van der Waals surface area contributed by atoms with Crippen molar-refractivity contribution in [1.82, 2.24) is 0 Å². The quantitative estimate of drug-likeness (QED) is 0.516. The zero-order chi connectivity index (χ0) is 14.8. The summed E-state index contributed by atoms with van der Waals surface area (Å²) in [5.41, 5.74) is -0.591. The summed E-state index contributed by atoms with van der Waals surface area (Å²) in [7, 11) is 0. The first kappa shape index (κ1) is 14.9. The number of phenolic OH excluding ortho intramolecular Hbond substituents is 1. The summed E-state index contributed by atoms with van der Waals surface area (Å²) in [6, 6.07) is 2.29. The van der Waals surface area contributed by atoms with Gasteiger partial charge in [-0.2, -0.15) is 0 Å². The second-order valence-corrected chi connectivity index (χ2v) is 5.55. The van der Waals surface area contributed by atoms with Crippen LogP contribution in [0.15, 0.2) is 12.1 Å². The first-order chi connectivity index (χ1) is 8.61. The minimum atomic E-state index is -0.805. The first-order valence-electron chi connectivity index (χ1n) is 5.77. The third-order valence-corrected chi connectivity index (χ3v) is 2.32. The Bertz CT molecular complexity index is 517. The summed E-state index contributed by atoms with van der Waals surface area (Å²) < 4.78 is 5.04. The number of phenols is 1. The standard InChI is InChI=1S/C13H17NO5/c1-8-5-9(15)6-10(11(8)14(17)18)12(16)19-7-13(2,3)4/h5-6,15H,7H2,1-4H3. The Balaban J connectivity index is 3.12. The highest BCUT2D eigenvalue weighted by Gasteiger charge is 2.26. The number of nitro benzene ring substituents is 1. The number of rotatable bonds is 3. The van der Waals surface area contributed by atoms with E-state index in [1.807, 2.05) is 20.8 Å². The van der Waals surface area contributed by atoms with Gasteiger partial charge in [0.25, 0.3) is 5.69 Å². The fourth-order valence-corrected chi connectivity index (χ4v) is 1.52. The van der Waals surface area contributed by atoms with Gasteiger partial charge in [-0.3, -0.25) is 10.1 Å². The summed E-state index contributed by atoms with van der Waals surface area (Å²) in [5.74, 6) is -1.01. The largest absolute Gasteiger partial charge is 0.508 e. The van der Waals surface area contributed by atoms with Crippen LogP contribution in [0.4, 0.5) is 5.69 Å². The van der Waals surface area contributed by atoms with Crippen molar-refractivity contribution in [2.45, 2.75) is 27.7 Å². The minimum absolute atomic E-state index is 0.137. The molecule has 0 spiro atoms. The van der Waals surface area contributed by atoms with E-state index in [2.05, 4.69) is 0 Å². The summed E-state index contributed by atoms with van der Waals surface area (Å²) in [5, 5.41) is 20.4. The van der Waals surface area contributed by atoms with E-state index in [-0.39, 0.29) is 34.6 Å². The monoisotopic (exact) mass is 267 g/mol. The molecule has 0 aliphatic carbocycles. The van der Waals surface area contributed by atoms with Crippen LogP contribution in [-0.2, 0) is 4.74 Å². The van der Waals surface area contributed by atoms with Crippen LogP contribution in [0.2, 0.25) is 0 Å². The molecule has 0 fully saturated rings. The van der Waals surface area contributed by atoms with Crippen LogP contribution in [0.25, 0.3) is 0 Å². The van der Waals surface area contributed by atoms with E-state index in [0.717, 1.165) is 6.07 Å². The van der Waals surface area contributed by atoms with Gasteiger partial charge in [-0.1, -0.05) is 20.8 Å². The van der Waals surface area contributed by atoms with E-state index < -0.39 is 10.9 Å². The fourth-order valence-electron chi connectivity index (χ4n) is 1.52. The van der Waals surface area contributed by atoms with Gasteiger partial charge in [-0.05, 0) is 18.4 Å². The molecule has 0 aliphatic heterocycles. The molecule has 0 aromatic heterocycles. The highest BCUT2D eigenvalue weighted by Crippen LogP contribution is 2.29. The summed E-state index contributed by atoms with van der Waals surface area (Å²) in [4.78, 5) is 22.2. The zero-order valence-electron chi connectivity index (χ0n) is 11.4. The Morgan fingerprint density at radius 2 is 2.00 bits per heavy atom. The predicted molar refractivity (Wildman–Crippen MR) is 69.2 cm³/mol. The van der Waals surface area contributed by atoms with Gasteiger partial charge < -0.3 is 9.84 Å². The number of carbonyl (C=O) groups excluding carboxylic acids is 1. The normalized spacial score (nSPS) is 11.2. The van der Waals surface area contributed by atoms with Crippen LogP contribution in [0.1, 0.15) is 36.7 Å². The number of aromatic hydroxyl groups is 1. The molecule has 1 rings (SSSR count). The molecule has 0 aliphatic rings. The molecule has 0 unspecified atom stereocenters. The molecular weight excluding hydrogens is 250 g/mol. The molecule has 104 valence electrons. The molecular formula is C13H17NO5. The highest BCUT2D eigenvalue weighted by molar-refractivity contribution is 5.95. The molecule has 1 aromatic carbocycles. The van der Waals surface area contributed by atoms with Gasteiger partial charge in [0.15, 0.2) is 0 Å². The van der Waals surface area contributed by atoms with Crippen molar-refractivity contribution in [3.8, 4) is 5.75 Å². The third kappa shape index (κ3) is 3.94. The number of aryl methyl sites for hydroxylation is 1. The number of nitrogens with zero attached hydrogens (tertiary/aromatic N) is 1. The number of esters is 1. The Morgan fingerprint density at radius 3 is 2.47 bits per heavy atom. The number of nitro groups is 1. The Labute approximate surface area is 111 Å². The summed E-state index contributed by atoms with van der Waals surface area (Å²) in [6.45, 7) is 7.23. The van der Waals surface area contributed by atoms with Gasteiger partial charge in [0.1, 0.15) is 11.3 Å². The molecule has 0 heterocycles. The number of carbonyl (C=O) groups is 1. The maximum absolute atomic E-state index is 11.9. The lowest BCUT2D eigenvalue weighted by molar-refractivity contribution is -0.385. The molecule has 19 heavy (non-hydrogen) atoms. The van der Waals surface area contributed by atoms with Crippen LogP contribution in [0.3, 0.4) is 0 Å². The highest BCUT2D eigenvalue weighted by atomic mass is 16.6. The molecule has 0 amide bonds. The number of benzene rings is 1. The number of hydrogen-bond acceptors (Lipinski definition) is 5. The molecule has 0 radical (unpaired) electrons. The first-order valence-corrected chi connectivity index (χ1v) is 5.77. The van der Waals surface area contributed by atoms with Crippen molar-refractivity contribution < 1.29 is 19.6 Å². The number of ether oxygens (including phenoxy) is 1. The average Bonchev–Trinajstić information content (AvgIpc) is 2.22. The lowest BCUT2D eigenvalue weighted by atomic mass is 9.98. The van der Waals surface area contributed by atoms with Crippen molar-refractivity contribution in [3.63, 3.8) is 0 Å². The van der Waals surface area contributed by atoms with E-state index in [0.29, 0.717) is 0 Å². The topological polar surface area (TPSA) is 89.7 Å². The maximum atomic E-state index is 11.9. The summed E-state index contributed by atoms with van der Waals surface area (Å²) >= 11 is 0. The Hall–Kier alpha value is -2.11. The van der Waals surface area contributed by atoms with Crippen molar-refractivity contribution in [1.29, 1.82) is 0 Å². The molecule has 6 heteroatoms. The Kier molecular flexibility index (Phi) is 4.14. The van der Waals surface area contributed by atoms with Crippen molar-refractivity contribution in [2.24, 2.45) is 5.41 Å². The maximum Gasteiger partial charge on any atom is 0.345 e. The molecule has 6 nitrogen and oxygen atoms in total. The second kappa shape index (κ2) is 5.26. The van der Waals surface area contributed by atoms with Gasteiger partial charge in [-0.15, -0.1) is 0 Å². The van der Waals surface area contributed by atoms with Gasteiger partial charge in [0, 0.05) is 11.6 Å². The lowest BCUT2D eigenvalue weighted by Gasteiger charge is -2.17. The predicted octanol–water partition coefficient (Wildman–Crippen LogP) is 2.81. The average molecular weight is 267 g/mol. The molecule has 0 saturated heterocycles. The van der Waals surface area contributed by atoms with Crippen molar-refractivity contribution >= 4 is 11.7 Å². The van der Waals surface area contributed by atoms with Crippen LogP contribution < -0.4 is 0 Å². The van der Waals surface area contributed by atoms with E-state index in [1.165, 1.54) is 13.0 Å². The third-order valence-electron chi connectivity index (χ3n) is 2.32. The molecule has 0 bridgehead atoms. The SMILES string of the molecule is Cc1cc(O)cc(C(=O)OCC(C)(C)C)c1[N+](=O)[O-]. The second-order valence-electron chi connectivity index (χ2n) is 5.55. The van der Waals surface area contributed by atoms with E-state index >= 15 is 0 Å². The van der Waals surface area contributed by atoms with Crippen molar-refractivity contribution in [3.05, 3.63) is 33.4 Å². The van der Waals surface area contributed by atoms with Crippen molar-refractivity contribution in [2.75, 3.05) is 6.61 Å². The van der Waals surface area contributed by atoms with E-state index in [4.69, 9.17) is 4.74 Å². The minimum Gasteiger partial charge on any atom is -0.508 e. The fraction of sp³-hybridized carbons (Fsp3) is 0.462. The Morgan fingerprint density at radius 1 is 1.42 bits per heavy atom. The van der Waals surface area contributed by atoms with Gasteiger partial charge >= 0.3 is 5.97 Å². The molecule has 1 N–H and O–H groups in total. The lowest BCUT2D eigenvalue weighted by Crippen LogP contribution is -2.19. The van der Waals surface area contributed by atoms with Crippen LogP contribution in [0.5, 0.6) is 5.75 Å². The van der Waals surface area contributed by atoms with Gasteiger partial charge in [0.2, 0.25) is 0 Å². The van der Waals surface area contributed by atoms with E-state index in [9.17, 15) is 20.0 Å². The van der Waals surface area contributed by atoms with Crippen LogP contribution >= 0.6 is 0 Å². The molecule has 0 saturated carbocycles. The zero-order valence-corrected chi connectivity index (χ0v) is 11.4. The molecule has 0 atom stereocenters. The number of hydrogen-bond donors (Lipinski definition) is 1. The van der Waals surface area contributed by atoms with Gasteiger partial charge in [-0.25, -0.2) is 4.79 Å². The summed E-state index contributed by atoms with van der Waals surface area (Å²) in [6.07, 6.45) is 0. The molecule has 1 aromatic rings. The van der Waals surface area contributed by atoms with E-state index in [1.54, 1.807) is 0 Å². The smallest absolute Gasteiger partial charge is 0.345 e. The van der Waals surface area contributed by atoms with Gasteiger partial charge in [0.05, 0.1) is 11.5 Å². The van der Waals surface area contributed by atoms with Crippen LogP contribution in [-0.4, -0.2) is 22.6 Å².